The highest BCUT2D eigenvalue weighted by Crippen LogP contribution is 2.21. The van der Waals surface area contributed by atoms with E-state index in [9.17, 15) is 0 Å². The summed E-state index contributed by atoms with van der Waals surface area (Å²) in [6.07, 6.45) is 1.98. The first-order valence-electron chi connectivity index (χ1n) is 7.35. The lowest BCUT2D eigenvalue weighted by molar-refractivity contribution is 0.340. The van der Waals surface area contributed by atoms with Gasteiger partial charge in [0.2, 0.25) is 0 Å². The van der Waals surface area contributed by atoms with Gasteiger partial charge in [-0.25, -0.2) is 0 Å². The van der Waals surface area contributed by atoms with Gasteiger partial charge in [0.25, 0.3) is 0 Å². The van der Waals surface area contributed by atoms with Crippen molar-refractivity contribution in [2.45, 2.75) is 6.54 Å². The molecule has 0 aliphatic heterocycles. The number of fused-ring (bicyclic) bond motifs is 1. The van der Waals surface area contributed by atoms with Crippen molar-refractivity contribution in [3.63, 3.8) is 0 Å². The van der Waals surface area contributed by atoms with Crippen LogP contribution in [0.2, 0.25) is 0 Å². The van der Waals surface area contributed by atoms with Crippen molar-refractivity contribution in [2.75, 3.05) is 25.5 Å². The fraction of sp³-hybridized carbons (Fsp3) is 0.222. The van der Waals surface area contributed by atoms with Crippen molar-refractivity contribution < 1.29 is 0 Å². The molecule has 0 bridgehead atoms. The van der Waals surface area contributed by atoms with Crippen LogP contribution in [0.1, 0.15) is 5.56 Å². The Labute approximate surface area is 125 Å². The molecule has 0 radical (unpaired) electrons. The number of hydrogen-bond acceptors (Lipinski definition) is 2. The Balaban J connectivity index is 1.53. The maximum atomic E-state index is 3.53. The highest BCUT2D eigenvalue weighted by molar-refractivity contribution is 5.91. The number of hydrogen-bond donors (Lipinski definition) is 2. The van der Waals surface area contributed by atoms with Gasteiger partial charge in [0, 0.05) is 42.4 Å². The number of nitrogens with one attached hydrogen (secondary N) is 2. The Kier molecular flexibility index (Phi) is 4.22. The molecule has 0 amide bonds. The molecular weight excluding hydrogens is 258 g/mol. The summed E-state index contributed by atoms with van der Waals surface area (Å²) in [6.45, 7) is 2.93. The van der Waals surface area contributed by atoms with E-state index in [0.29, 0.717) is 0 Å². The van der Waals surface area contributed by atoms with Crippen LogP contribution >= 0.6 is 0 Å². The highest BCUT2D eigenvalue weighted by Gasteiger charge is 2.02. The number of aromatic nitrogens is 1. The van der Waals surface area contributed by atoms with Crippen molar-refractivity contribution in [1.82, 2.24) is 9.88 Å². The van der Waals surface area contributed by atoms with E-state index in [1.165, 1.54) is 22.2 Å². The minimum Gasteiger partial charge on any atom is -0.383 e. The third-order valence-corrected chi connectivity index (χ3v) is 3.70. The van der Waals surface area contributed by atoms with Gasteiger partial charge in [-0.1, -0.05) is 36.4 Å². The third-order valence-electron chi connectivity index (χ3n) is 3.70. The summed E-state index contributed by atoms with van der Waals surface area (Å²) in [4.78, 5) is 5.57. The second-order valence-electron chi connectivity index (χ2n) is 5.39. The molecule has 3 rings (SSSR count). The summed E-state index contributed by atoms with van der Waals surface area (Å²) in [6, 6.07) is 19.0. The molecule has 3 heteroatoms. The number of H-pyrrole nitrogens is 1. The molecule has 108 valence electrons. The van der Waals surface area contributed by atoms with Crippen LogP contribution in [0, 0.1) is 0 Å². The zero-order valence-electron chi connectivity index (χ0n) is 12.3. The largest absolute Gasteiger partial charge is 0.383 e. The van der Waals surface area contributed by atoms with Gasteiger partial charge >= 0.3 is 0 Å². The summed E-state index contributed by atoms with van der Waals surface area (Å²) in [5.41, 5.74) is 3.73. The monoisotopic (exact) mass is 279 g/mol. The van der Waals surface area contributed by atoms with Gasteiger partial charge in [-0.15, -0.1) is 0 Å². The second kappa shape index (κ2) is 6.46. The van der Waals surface area contributed by atoms with Gasteiger partial charge in [0.1, 0.15) is 0 Å². The fourth-order valence-electron chi connectivity index (χ4n) is 2.60. The Hall–Kier alpha value is -2.26. The first kappa shape index (κ1) is 13.7. The molecule has 0 saturated carbocycles. The molecule has 0 unspecified atom stereocenters. The topological polar surface area (TPSA) is 31.1 Å². The molecule has 0 saturated heterocycles. The molecule has 2 aromatic carbocycles. The molecule has 0 fully saturated rings. The third kappa shape index (κ3) is 3.44. The number of nitrogens with zero attached hydrogens (tertiary/aromatic N) is 1. The number of aromatic amines is 1. The predicted octanol–water partition coefficient (Wildman–Crippen LogP) is 3.71. The molecule has 3 nitrogen and oxygen atoms in total. The van der Waals surface area contributed by atoms with Crippen molar-refractivity contribution in [1.29, 1.82) is 0 Å². The van der Waals surface area contributed by atoms with Crippen LogP contribution in [0.3, 0.4) is 0 Å². The van der Waals surface area contributed by atoms with Gasteiger partial charge < -0.3 is 15.2 Å². The standard InChI is InChI=1S/C18H21N3/c1-21(14-15-6-3-2-4-7-15)13-12-20-18-9-5-8-17-16(18)10-11-19-17/h2-11,19-20H,12-14H2,1H3. The molecule has 1 aromatic heterocycles. The minimum atomic E-state index is 0.938. The molecule has 21 heavy (non-hydrogen) atoms. The van der Waals surface area contributed by atoms with Crippen LogP contribution in [-0.2, 0) is 6.54 Å². The Morgan fingerprint density at radius 2 is 1.86 bits per heavy atom. The van der Waals surface area contributed by atoms with E-state index in [-0.39, 0.29) is 0 Å². The lowest BCUT2D eigenvalue weighted by Gasteiger charge is -2.17. The van der Waals surface area contributed by atoms with Gasteiger partial charge in [-0.2, -0.15) is 0 Å². The second-order valence-corrected chi connectivity index (χ2v) is 5.39. The SMILES string of the molecule is CN(CCNc1cccc2[nH]ccc12)Cc1ccccc1. The molecule has 0 spiro atoms. The quantitative estimate of drug-likeness (QED) is 0.720. The van der Waals surface area contributed by atoms with Crippen LogP contribution in [-0.4, -0.2) is 30.0 Å². The number of rotatable bonds is 6. The van der Waals surface area contributed by atoms with Crippen molar-refractivity contribution in [2.24, 2.45) is 0 Å². The van der Waals surface area contributed by atoms with Crippen LogP contribution < -0.4 is 5.32 Å². The van der Waals surface area contributed by atoms with Gasteiger partial charge in [0.15, 0.2) is 0 Å². The van der Waals surface area contributed by atoms with Crippen LogP contribution in [0.5, 0.6) is 0 Å². The Morgan fingerprint density at radius 3 is 2.71 bits per heavy atom. The minimum absolute atomic E-state index is 0.938. The van der Waals surface area contributed by atoms with E-state index in [1.54, 1.807) is 0 Å². The van der Waals surface area contributed by atoms with Crippen LogP contribution in [0.15, 0.2) is 60.8 Å². The van der Waals surface area contributed by atoms with Gasteiger partial charge in [-0.3, -0.25) is 0 Å². The highest BCUT2D eigenvalue weighted by atomic mass is 15.1. The summed E-state index contributed by atoms with van der Waals surface area (Å²) in [7, 11) is 2.16. The average molecular weight is 279 g/mol. The van der Waals surface area contributed by atoms with E-state index in [2.05, 4.69) is 76.8 Å². The first-order valence-corrected chi connectivity index (χ1v) is 7.35. The lowest BCUT2D eigenvalue weighted by atomic mass is 10.2. The molecule has 0 aliphatic rings. The molecule has 0 aliphatic carbocycles. The zero-order valence-corrected chi connectivity index (χ0v) is 12.3. The van der Waals surface area contributed by atoms with Crippen molar-refractivity contribution >= 4 is 16.6 Å². The smallest absolute Gasteiger partial charge is 0.0474 e. The Morgan fingerprint density at radius 1 is 1.00 bits per heavy atom. The maximum absolute atomic E-state index is 3.53. The summed E-state index contributed by atoms with van der Waals surface area (Å²) in [5.74, 6) is 0. The average Bonchev–Trinajstić information content (AvgIpc) is 2.97. The molecule has 3 aromatic rings. The zero-order chi connectivity index (χ0) is 14.5. The maximum Gasteiger partial charge on any atom is 0.0474 e. The van der Waals surface area contributed by atoms with E-state index in [1.807, 2.05) is 6.20 Å². The first-order chi connectivity index (χ1) is 10.3. The van der Waals surface area contributed by atoms with Crippen molar-refractivity contribution in [3.8, 4) is 0 Å². The number of anilines is 1. The van der Waals surface area contributed by atoms with Crippen molar-refractivity contribution in [3.05, 3.63) is 66.4 Å². The predicted molar refractivity (Wildman–Crippen MR) is 89.6 cm³/mol. The lowest BCUT2D eigenvalue weighted by Crippen LogP contribution is -2.24. The van der Waals surface area contributed by atoms with Gasteiger partial charge in [-0.05, 0) is 30.8 Å². The molecule has 0 atom stereocenters. The van der Waals surface area contributed by atoms with E-state index in [0.717, 1.165) is 19.6 Å². The van der Waals surface area contributed by atoms with E-state index < -0.39 is 0 Å². The summed E-state index contributed by atoms with van der Waals surface area (Å²) < 4.78 is 0. The van der Waals surface area contributed by atoms with E-state index >= 15 is 0 Å². The normalized spacial score (nSPS) is 11.1. The Bertz CT molecular complexity index is 688. The molecule has 2 N–H and O–H groups in total. The van der Waals surface area contributed by atoms with E-state index in [4.69, 9.17) is 0 Å². The fourth-order valence-corrected chi connectivity index (χ4v) is 2.60. The van der Waals surface area contributed by atoms with Gasteiger partial charge in [0.05, 0.1) is 0 Å². The molecular formula is C18H21N3. The molecule has 1 heterocycles. The number of benzene rings is 2. The summed E-state index contributed by atoms with van der Waals surface area (Å²) in [5, 5.41) is 4.78. The summed E-state index contributed by atoms with van der Waals surface area (Å²) >= 11 is 0. The van der Waals surface area contributed by atoms with Crippen LogP contribution in [0.4, 0.5) is 5.69 Å². The van der Waals surface area contributed by atoms with Crippen LogP contribution in [0.25, 0.3) is 10.9 Å². The number of likely N-dealkylation sites (N-methyl/N-ethyl adjacent to an activating group) is 1.